The van der Waals surface area contributed by atoms with Gasteiger partial charge in [-0.05, 0) is 44.0 Å². The van der Waals surface area contributed by atoms with Crippen LogP contribution >= 0.6 is 0 Å². The molecule has 0 radical (unpaired) electrons. The molecule has 2 nitrogen and oxygen atoms in total. The maximum Gasteiger partial charge on any atom is 0.127 e. The Bertz CT molecular complexity index is 448. The van der Waals surface area contributed by atoms with Crippen LogP contribution in [-0.4, -0.2) is 30.1 Å². The highest BCUT2D eigenvalue weighted by Crippen LogP contribution is 2.19. The Morgan fingerprint density at radius 3 is 2.80 bits per heavy atom. The SMILES string of the molecule is CC(C)C1CN(Cc2cc(F)ccc2F)C(C)CCN1. The molecule has 4 heteroatoms. The van der Waals surface area contributed by atoms with Gasteiger partial charge in [0, 0.05) is 30.7 Å². The molecular formula is C16H24F2N2. The Labute approximate surface area is 120 Å². The van der Waals surface area contributed by atoms with Crippen LogP contribution in [0.25, 0.3) is 0 Å². The molecule has 0 saturated carbocycles. The van der Waals surface area contributed by atoms with E-state index in [4.69, 9.17) is 0 Å². The maximum absolute atomic E-state index is 13.8. The lowest BCUT2D eigenvalue weighted by atomic mass is 10.0. The molecule has 2 rings (SSSR count). The highest BCUT2D eigenvalue weighted by Gasteiger charge is 2.25. The summed E-state index contributed by atoms with van der Waals surface area (Å²) in [6.07, 6.45) is 1.03. The Balaban J connectivity index is 2.14. The Morgan fingerprint density at radius 2 is 2.10 bits per heavy atom. The molecule has 2 unspecified atom stereocenters. The van der Waals surface area contributed by atoms with Gasteiger partial charge in [-0.1, -0.05) is 13.8 Å². The number of halogens is 2. The first kappa shape index (κ1) is 15.4. The van der Waals surface area contributed by atoms with Crippen molar-refractivity contribution in [3.63, 3.8) is 0 Å². The summed E-state index contributed by atoms with van der Waals surface area (Å²) in [6.45, 7) is 8.85. The monoisotopic (exact) mass is 282 g/mol. The minimum absolute atomic E-state index is 0.322. The van der Waals surface area contributed by atoms with Gasteiger partial charge in [-0.25, -0.2) is 8.78 Å². The second-order valence-electron chi connectivity index (χ2n) is 6.11. The van der Waals surface area contributed by atoms with Crippen molar-refractivity contribution in [2.75, 3.05) is 13.1 Å². The number of rotatable bonds is 3. The molecule has 1 aromatic rings. The lowest BCUT2D eigenvalue weighted by Crippen LogP contribution is -2.42. The van der Waals surface area contributed by atoms with E-state index in [1.165, 1.54) is 18.2 Å². The van der Waals surface area contributed by atoms with E-state index in [1.807, 2.05) is 0 Å². The molecule has 1 aromatic carbocycles. The molecule has 0 amide bonds. The van der Waals surface area contributed by atoms with Crippen LogP contribution in [0.4, 0.5) is 8.78 Å². The topological polar surface area (TPSA) is 15.3 Å². The standard InChI is InChI=1S/C16H24F2N2/c1-11(2)16-10-20(12(3)6-7-19-16)9-13-8-14(17)4-5-15(13)18/h4-5,8,11-12,16,19H,6-7,9-10H2,1-3H3. The zero-order chi connectivity index (χ0) is 14.7. The summed E-state index contributed by atoms with van der Waals surface area (Å²) < 4.78 is 27.1. The number of nitrogens with one attached hydrogen (secondary N) is 1. The van der Waals surface area contributed by atoms with Crippen LogP contribution in [0, 0.1) is 17.6 Å². The molecule has 1 fully saturated rings. The van der Waals surface area contributed by atoms with Gasteiger partial charge in [0.15, 0.2) is 0 Å². The molecule has 0 spiro atoms. The van der Waals surface area contributed by atoms with Crippen molar-refractivity contribution in [1.82, 2.24) is 10.2 Å². The molecule has 1 aliphatic rings. The van der Waals surface area contributed by atoms with Crippen molar-refractivity contribution in [1.29, 1.82) is 0 Å². The molecule has 20 heavy (non-hydrogen) atoms. The van der Waals surface area contributed by atoms with Gasteiger partial charge in [-0.15, -0.1) is 0 Å². The van der Waals surface area contributed by atoms with Crippen molar-refractivity contribution in [2.45, 2.75) is 45.8 Å². The Hall–Kier alpha value is -1.00. The molecule has 0 aliphatic carbocycles. The average Bonchev–Trinajstić information content (AvgIpc) is 2.57. The molecule has 0 bridgehead atoms. The second kappa shape index (κ2) is 6.64. The third kappa shape index (κ3) is 3.76. The molecule has 112 valence electrons. The van der Waals surface area contributed by atoms with Crippen LogP contribution in [0.3, 0.4) is 0 Å². The summed E-state index contributed by atoms with van der Waals surface area (Å²) in [4.78, 5) is 2.25. The predicted molar refractivity (Wildman–Crippen MR) is 77.5 cm³/mol. The fourth-order valence-corrected chi connectivity index (χ4v) is 2.71. The van der Waals surface area contributed by atoms with Crippen LogP contribution in [0.2, 0.25) is 0 Å². The van der Waals surface area contributed by atoms with Crippen LogP contribution in [0.5, 0.6) is 0 Å². The van der Waals surface area contributed by atoms with Crippen molar-refractivity contribution in [3.05, 3.63) is 35.4 Å². The first-order chi connectivity index (χ1) is 9.47. The van der Waals surface area contributed by atoms with Crippen LogP contribution in [0.15, 0.2) is 18.2 Å². The largest absolute Gasteiger partial charge is 0.312 e. The zero-order valence-corrected chi connectivity index (χ0v) is 12.5. The van der Waals surface area contributed by atoms with Crippen LogP contribution in [-0.2, 0) is 6.54 Å². The Morgan fingerprint density at radius 1 is 1.35 bits per heavy atom. The van der Waals surface area contributed by atoms with E-state index in [0.717, 1.165) is 19.5 Å². The molecule has 1 aliphatic heterocycles. The number of nitrogens with zero attached hydrogens (tertiary/aromatic N) is 1. The molecule has 1 heterocycles. The third-order valence-electron chi connectivity index (χ3n) is 4.21. The van der Waals surface area contributed by atoms with E-state index in [1.54, 1.807) is 0 Å². The summed E-state index contributed by atoms with van der Waals surface area (Å²) >= 11 is 0. The van der Waals surface area contributed by atoms with Crippen molar-refractivity contribution >= 4 is 0 Å². The highest BCUT2D eigenvalue weighted by molar-refractivity contribution is 5.18. The molecule has 0 aromatic heterocycles. The first-order valence-corrected chi connectivity index (χ1v) is 7.38. The van der Waals surface area contributed by atoms with Crippen molar-refractivity contribution in [2.24, 2.45) is 5.92 Å². The second-order valence-corrected chi connectivity index (χ2v) is 6.11. The van der Waals surface area contributed by atoms with E-state index in [2.05, 4.69) is 31.0 Å². The van der Waals surface area contributed by atoms with E-state index in [0.29, 0.717) is 30.1 Å². The molecular weight excluding hydrogens is 258 g/mol. The molecule has 1 N–H and O–H groups in total. The summed E-state index contributed by atoms with van der Waals surface area (Å²) in [5, 5.41) is 3.54. The summed E-state index contributed by atoms with van der Waals surface area (Å²) in [5.74, 6) is -0.167. The van der Waals surface area contributed by atoms with Gasteiger partial charge in [0.25, 0.3) is 0 Å². The third-order valence-corrected chi connectivity index (χ3v) is 4.21. The highest BCUT2D eigenvalue weighted by atomic mass is 19.1. The van der Waals surface area contributed by atoms with Gasteiger partial charge in [-0.3, -0.25) is 4.90 Å². The Kier molecular flexibility index (Phi) is 5.11. The summed E-state index contributed by atoms with van der Waals surface area (Å²) in [5.41, 5.74) is 0.446. The van der Waals surface area contributed by atoms with Gasteiger partial charge in [0.1, 0.15) is 11.6 Å². The number of hydrogen-bond donors (Lipinski definition) is 1. The number of benzene rings is 1. The fraction of sp³-hybridized carbons (Fsp3) is 0.625. The zero-order valence-electron chi connectivity index (χ0n) is 12.5. The van der Waals surface area contributed by atoms with Crippen LogP contribution in [0.1, 0.15) is 32.8 Å². The molecule has 1 saturated heterocycles. The van der Waals surface area contributed by atoms with E-state index in [-0.39, 0.29) is 11.6 Å². The fourth-order valence-electron chi connectivity index (χ4n) is 2.71. The van der Waals surface area contributed by atoms with Crippen molar-refractivity contribution in [3.8, 4) is 0 Å². The lowest BCUT2D eigenvalue weighted by molar-refractivity contribution is 0.181. The summed E-state index contributed by atoms with van der Waals surface area (Å²) in [6, 6.07) is 4.46. The first-order valence-electron chi connectivity index (χ1n) is 7.38. The lowest BCUT2D eigenvalue weighted by Gasteiger charge is -2.30. The minimum atomic E-state index is -0.373. The predicted octanol–water partition coefficient (Wildman–Crippen LogP) is 3.17. The van der Waals surface area contributed by atoms with Gasteiger partial charge < -0.3 is 5.32 Å². The van der Waals surface area contributed by atoms with Gasteiger partial charge in [-0.2, -0.15) is 0 Å². The van der Waals surface area contributed by atoms with Crippen molar-refractivity contribution < 1.29 is 8.78 Å². The quantitative estimate of drug-likeness (QED) is 0.916. The van der Waals surface area contributed by atoms with Crippen LogP contribution < -0.4 is 5.32 Å². The summed E-state index contributed by atoms with van der Waals surface area (Å²) in [7, 11) is 0. The van der Waals surface area contributed by atoms with Gasteiger partial charge >= 0.3 is 0 Å². The smallest absolute Gasteiger partial charge is 0.127 e. The normalized spacial score (nSPS) is 24.9. The maximum atomic E-state index is 13.8. The van der Waals surface area contributed by atoms with E-state index in [9.17, 15) is 8.78 Å². The minimum Gasteiger partial charge on any atom is -0.312 e. The average molecular weight is 282 g/mol. The van der Waals surface area contributed by atoms with Gasteiger partial charge in [0.2, 0.25) is 0 Å². The number of hydrogen-bond acceptors (Lipinski definition) is 2. The van der Waals surface area contributed by atoms with E-state index < -0.39 is 0 Å². The van der Waals surface area contributed by atoms with E-state index >= 15 is 0 Å². The van der Waals surface area contributed by atoms with Gasteiger partial charge in [0.05, 0.1) is 0 Å². The molecule has 2 atom stereocenters.